The van der Waals surface area contributed by atoms with Gasteiger partial charge in [-0.1, -0.05) is 41.2 Å². The van der Waals surface area contributed by atoms with Crippen LogP contribution in [0.3, 0.4) is 0 Å². The number of hydrogen-bond acceptors (Lipinski definition) is 1. The number of nitrogens with one attached hydrogen (secondary N) is 1. The van der Waals surface area contributed by atoms with Crippen molar-refractivity contribution in [2.24, 2.45) is 11.3 Å². The first-order valence-electron chi connectivity index (χ1n) is 4.73. The van der Waals surface area contributed by atoms with Crippen molar-refractivity contribution in [3.05, 3.63) is 12.3 Å². The van der Waals surface area contributed by atoms with Crippen LogP contribution < -0.4 is 5.32 Å². The fourth-order valence-electron chi connectivity index (χ4n) is 0.955. The summed E-state index contributed by atoms with van der Waals surface area (Å²) in [5.74, 6) is 0.699. The Balaban J connectivity index is 3.58. The van der Waals surface area contributed by atoms with E-state index < -0.39 is 0 Å². The molecule has 0 aliphatic carbocycles. The number of hydrogen-bond donors (Lipinski definition) is 1. The highest BCUT2D eigenvalue weighted by Crippen LogP contribution is 2.13. The van der Waals surface area contributed by atoms with Gasteiger partial charge < -0.3 is 5.32 Å². The minimum Gasteiger partial charge on any atom is -0.388 e. The fraction of sp³-hybridized carbons (Fsp3) is 0.818. The molecular formula is C11H23N. The van der Waals surface area contributed by atoms with Crippen molar-refractivity contribution in [3.63, 3.8) is 0 Å². The van der Waals surface area contributed by atoms with Crippen molar-refractivity contribution in [1.82, 2.24) is 5.32 Å². The third-order valence-corrected chi connectivity index (χ3v) is 1.52. The maximum absolute atomic E-state index is 3.99. The molecule has 12 heavy (non-hydrogen) atoms. The average molecular weight is 169 g/mol. The Hall–Kier alpha value is -0.460. The van der Waals surface area contributed by atoms with Crippen molar-refractivity contribution >= 4 is 0 Å². The van der Waals surface area contributed by atoms with Crippen LogP contribution in [0.2, 0.25) is 0 Å². The molecule has 0 spiro atoms. The molecule has 0 saturated heterocycles. The number of allylic oxidation sites excluding steroid dienone is 1. The van der Waals surface area contributed by atoms with Gasteiger partial charge in [-0.15, -0.1) is 0 Å². The SMILES string of the molecule is C=C(CC(C)C)NCC(C)(C)C. The predicted octanol–water partition coefficient (Wildman–Crippen LogP) is 3.18. The molecule has 0 saturated carbocycles. The summed E-state index contributed by atoms with van der Waals surface area (Å²) in [6.07, 6.45) is 1.08. The summed E-state index contributed by atoms with van der Waals surface area (Å²) in [6, 6.07) is 0. The molecule has 1 heteroatoms. The molecule has 0 bridgehead atoms. The van der Waals surface area contributed by atoms with E-state index in [2.05, 4.69) is 46.5 Å². The maximum atomic E-state index is 3.99. The first kappa shape index (κ1) is 11.5. The zero-order chi connectivity index (χ0) is 9.78. The summed E-state index contributed by atoms with van der Waals surface area (Å²) < 4.78 is 0. The zero-order valence-electron chi connectivity index (χ0n) is 9.20. The monoisotopic (exact) mass is 169 g/mol. The fourth-order valence-corrected chi connectivity index (χ4v) is 0.955. The molecule has 0 aromatic carbocycles. The van der Waals surface area contributed by atoms with Gasteiger partial charge in [-0.3, -0.25) is 0 Å². The Bertz CT molecular complexity index is 140. The van der Waals surface area contributed by atoms with Crippen LogP contribution in [-0.4, -0.2) is 6.54 Å². The van der Waals surface area contributed by atoms with Gasteiger partial charge in [-0.25, -0.2) is 0 Å². The van der Waals surface area contributed by atoms with Gasteiger partial charge in [0.05, 0.1) is 0 Å². The smallest absolute Gasteiger partial charge is 0.0192 e. The molecule has 0 heterocycles. The lowest BCUT2D eigenvalue weighted by Gasteiger charge is -2.21. The van der Waals surface area contributed by atoms with Crippen molar-refractivity contribution in [2.75, 3.05) is 6.54 Å². The minimum atomic E-state index is 0.347. The highest BCUT2D eigenvalue weighted by atomic mass is 14.9. The van der Waals surface area contributed by atoms with Gasteiger partial charge in [0.1, 0.15) is 0 Å². The van der Waals surface area contributed by atoms with Crippen LogP contribution in [0.1, 0.15) is 41.0 Å². The third kappa shape index (κ3) is 7.64. The summed E-state index contributed by atoms with van der Waals surface area (Å²) in [6.45, 7) is 16.1. The minimum absolute atomic E-state index is 0.347. The maximum Gasteiger partial charge on any atom is 0.0192 e. The topological polar surface area (TPSA) is 12.0 Å². The molecule has 1 N–H and O–H groups in total. The predicted molar refractivity (Wildman–Crippen MR) is 56.1 cm³/mol. The zero-order valence-corrected chi connectivity index (χ0v) is 9.20. The van der Waals surface area contributed by atoms with Gasteiger partial charge >= 0.3 is 0 Å². The lowest BCUT2D eigenvalue weighted by atomic mass is 9.96. The molecule has 0 aromatic rings. The van der Waals surface area contributed by atoms with Gasteiger partial charge in [0.15, 0.2) is 0 Å². The molecule has 0 atom stereocenters. The molecule has 0 aliphatic heterocycles. The van der Waals surface area contributed by atoms with Crippen molar-refractivity contribution in [3.8, 4) is 0 Å². The highest BCUT2D eigenvalue weighted by molar-refractivity contribution is 4.92. The Morgan fingerprint density at radius 3 is 2.17 bits per heavy atom. The Morgan fingerprint density at radius 2 is 1.83 bits per heavy atom. The molecule has 0 rings (SSSR count). The van der Waals surface area contributed by atoms with E-state index in [0.29, 0.717) is 11.3 Å². The van der Waals surface area contributed by atoms with E-state index in [4.69, 9.17) is 0 Å². The number of rotatable bonds is 4. The average Bonchev–Trinajstić information content (AvgIpc) is 1.80. The van der Waals surface area contributed by atoms with E-state index in [-0.39, 0.29) is 0 Å². The first-order valence-corrected chi connectivity index (χ1v) is 4.73. The Kier molecular flexibility index (Phi) is 4.36. The van der Waals surface area contributed by atoms with Crippen LogP contribution in [0.5, 0.6) is 0 Å². The molecular weight excluding hydrogens is 146 g/mol. The normalized spacial score (nSPS) is 11.8. The van der Waals surface area contributed by atoms with Crippen LogP contribution >= 0.6 is 0 Å². The van der Waals surface area contributed by atoms with Gasteiger partial charge in [0.2, 0.25) is 0 Å². The van der Waals surface area contributed by atoms with E-state index in [1.165, 1.54) is 5.70 Å². The van der Waals surface area contributed by atoms with Crippen LogP contribution in [-0.2, 0) is 0 Å². The van der Waals surface area contributed by atoms with E-state index in [9.17, 15) is 0 Å². The van der Waals surface area contributed by atoms with Crippen LogP contribution in [0.15, 0.2) is 12.3 Å². The highest BCUT2D eigenvalue weighted by Gasteiger charge is 2.09. The summed E-state index contributed by atoms with van der Waals surface area (Å²) in [5.41, 5.74) is 1.51. The van der Waals surface area contributed by atoms with Gasteiger partial charge in [0.25, 0.3) is 0 Å². The standard InChI is InChI=1S/C11H23N/c1-9(2)7-10(3)12-8-11(4,5)6/h9,12H,3,7-8H2,1-2,4-6H3. The van der Waals surface area contributed by atoms with E-state index >= 15 is 0 Å². The summed E-state index contributed by atoms with van der Waals surface area (Å²) in [7, 11) is 0. The second-order valence-electron chi connectivity index (χ2n) is 5.12. The van der Waals surface area contributed by atoms with E-state index in [1.807, 2.05) is 0 Å². The summed E-state index contributed by atoms with van der Waals surface area (Å²) >= 11 is 0. The van der Waals surface area contributed by atoms with Gasteiger partial charge in [-0.2, -0.15) is 0 Å². The summed E-state index contributed by atoms with van der Waals surface area (Å²) in [5, 5.41) is 3.36. The van der Waals surface area contributed by atoms with Crippen LogP contribution in [0.4, 0.5) is 0 Å². The largest absolute Gasteiger partial charge is 0.388 e. The second-order valence-corrected chi connectivity index (χ2v) is 5.12. The molecule has 1 nitrogen and oxygen atoms in total. The molecule has 72 valence electrons. The summed E-state index contributed by atoms with van der Waals surface area (Å²) in [4.78, 5) is 0. The Labute approximate surface area is 77.2 Å². The van der Waals surface area contributed by atoms with Gasteiger partial charge in [-0.05, 0) is 17.8 Å². The molecule has 0 unspecified atom stereocenters. The lowest BCUT2D eigenvalue weighted by Crippen LogP contribution is -2.26. The molecule has 0 radical (unpaired) electrons. The third-order valence-electron chi connectivity index (χ3n) is 1.52. The van der Waals surface area contributed by atoms with Crippen molar-refractivity contribution in [1.29, 1.82) is 0 Å². The Morgan fingerprint density at radius 1 is 1.33 bits per heavy atom. The quantitative estimate of drug-likeness (QED) is 0.681. The van der Waals surface area contributed by atoms with E-state index in [1.54, 1.807) is 0 Å². The van der Waals surface area contributed by atoms with Crippen LogP contribution in [0.25, 0.3) is 0 Å². The van der Waals surface area contributed by atoms with Crippen molar-refractivity contribution < 1.29 is 0 Å². The molecule has 0 aromatic heterocycles. The lowest BCUT2D eigenvalue weighted by molar-refractivity contribution is 0.391. The molecule has 0 amide bonds. The van der Waals surface area contributed by atoms with E-state index in [0.717, 1.165) is 13.0 Å². The van der Waals surface area contributed by atoms with Gasteiger partial charge in [0, 0.05) is 12.2 Å². The second kappa shape index (κ2) is 4.54. The van der Waals surface area contributed by atoms with Crippen molar-refractivity contribution in [2.45, 2.75) is 41.0 Å². The van der Waals surface area contributed by atoms with Crippen LogP contribution in [0, 0.1) is 11.3 Å². The molecule has 0 fully saturated rings. The molecule has 0 aliphatic rings. The first-order chi connectivity index (χ1) is 5.31.